The summed E-state index contributed by atoms with van der Waals surface area (Å²) in [7, 11) is 0. The SMILES string of the molecule is CCc1cccc2c1CN(C(=O)O)C2. The van der Waals surface area contributed by atoms with Crippen molar-refractivity contribution in [2.24, 2.45) is 0 Å². The van der Waals surface area contributed by atoms with E-state index in [1.54, 1.807) is 0 Å². The first-order valence-electron chi connectivity index (χ1n) is 4.80. The van der Waals surface area contributed by atoms with Gasteiger partial charge in [0.05, 0.1) is 0 Å². The highest BCUT2D eigenvalue weighted by Crippen LogP contribution is 2.26. The van der Waals surface area contributed by atoms with Crippen LogP contribution in [0, 0.1) is 0 Å². The molecule has 1 heterocycles. The molecule has 74 valence electrons. The molecule has 0 spiro atoms. The van der Waals surface area contributed by atoms with E-state index in [-0.39, 0.29) is 0 Å². The van der Waals surface area contributed by atoms with Crippen LogP contribution in [0.1, 0.15) is 23.6 Å². The third-order valence-corrected chi connectivity index (χ3v) is 2.73. The van der Waals surface area contributed by atoms with E-state index in [1.807, 2.05) is 12.1 Å². The molecule has 0 atom stereocenters. The number of hydrogen-bond acceptors (Lipinski definition) is 1. The predicted molar refractivity (Wildman–Crippen MR) is 53.1 cm³/mol. The van der Waals surface area contributed by atoms with E-state index in [0.29, 0.717) is 13.1 Å². The Labute approximate surface area is 83.0 Å². The summed E-state index contributed by atoms with van der Waals surface area (Å²) in [6.07, 6.45) is 0.139. The van der Waals surface area contributed by atoms with E-state index in [4.69, 9.17) is 5.11 Å². The summed E-state index contributed by atoms with van der Waals surface area (Å²) in [5.41, 5.74) is 3.63. The molecule has 3 nitrogen and oxygen atoms in total. The molecule has 0 aliphatic carbocycles. The maximum absolute atomic E-state index is 10.8. The molecule has 1 aliphatic heterocycles. The zero-order valence-electron chi connectivity index (χ0n) is 8.16. The van der Waals surface area contributed by atoms with Gasteiger partial charge in [0.25, 0.3) is 0 Å². The van der Waals surface area contributed by atoms with Crippen LogP contribution in [0.4, 0.5) is 4.79 Å². The maximum atomic E-state index is 10.8. The lowest BCUT2D eigenvalue weighted by Crippen LogP contribution is -2.22. The molecular weight excluding hydrogens is 178 g/mol. The van der Waals surface area contributed by atoms with Crippen molar-refractivity contribution < 1.29 is 9.90 Å². The number of carbonyl (C=O) groups is 1. The summed E-state index contributed by atoms with van der Waals surface area (Å²) >= 11 is 0. The van der Waals surface area contributed by atoms with E-state index >= 15 is 0 Å². The quantitative estimate of drug-likeness (QED) is 0.739. The highest BCUT2D eigenvalue weighted by atomic mass is 16.4. The van der Waals surface area contributed by atoms with Crippen molar-refractivity contribution in [3.05, 3.63) is 34.9 Å². The Hall–Kier alpha value is -1.51. The molecule has 2 rings (SSSR count). The van der Waals surface area contributed by atoms with Gasteiger partial charge in [-0.3, -0.25) is 4.90 Å². The lowest BCUT2D eigenvalue weighted by atomic mass is 10.0. The van der Waals surface area contributed by atoms with Crippen LogP contribution in [0.25, 0.3) is 0 Å². The first-order valence-corrected chi connectivity index (χ1v) is 4.80. The van der Waals surface area contributed by atoms with E-state index < -0.39 is 6.09 Å². The van der Waals surface area contributed by atoms with E-state index in [9.17, 15) is 4.79 Å². The number of carboxylic acid groups (broad SMARTS) is 1. The zero-order chi connectivity index (χ0) is 10.1. The van der Waals surface area contributed by atoms with E-state index in [2.05, 4.69) is 13.0 Å². The summed E-state index contributed by atoms with van der Waals surface area (Å²) in [5, 5.41) is 8.87. The molecule has 0 radical (unpaired) electrons. The van der Waals surface area contributed by atoms with Gasteiger partial charge in [-0.1, -0.05) is 25.1 Å². The van der Waals surface area contributed by atoms with Gasteiger partial charge in [0, 0.05) is 13.1 Å². The monoisotopic (exact) mass is 191 g/mol. The van der Waals surface area contributed by atoms with Crippen molar-refractivity contribution in [2.75, 3.05) is 0 Å². The van der Waals surface area contributed by atoms with Crippen LogP contribution in [0.2, 0.25) is 0 Å². The van der Waals surface area contributed by atoms with Gasteiger partial charge in [-0.15, -0.1) is 0 Å². The Morgan fingerprint density at radius 1 is 1.50 bits per heavy atom. The molecule has 0 bridgehead atoms. The van der Waals surface area contributed by atoms with Gasteiger partial charge in [0.15, 0.2) is 0 Å². The molecule has 0 aromatic heterocycles. The molecule has 14 heavy (non-hydrogen) atoms. The molecule has 1 amide bonds. The molecule has 0 saturated carbocycles. The number of hydrogen-bond donors (Lipinski definition) is 1. The summed E-state index contributed by atoms with van der Waals surface area (Å²) in [6, 6.07) is 6.09. The summed E-state index contributed by atoms with van der Waals surface area (Å²) in [5.74, 6) is 0. The number of fused-ring (bicyclic) bond motifs is 1. The fourth-order valence-corrected chi connectivity index (χ4v) is 1.96. The van der Waals surface area contributed by atoms with E-state index in [1.165, 1.54) is 16.0 Å². The molecule has 1 aromatic rings. The van der Waals surface area contributed by atoms with Crippen molar-refractivity contribution >= 4 is 6.09 Å². The number of aryl methyl sites for hydroxylation is 1. The van der Waals surface area contributed by atoms with Crippen LogP contribution in [0.5, 0.6) is 0 Å². The molecule has 1 N–H and O–H groups in total. The molecule has 0 fully saturated rings. The fourth-order valence-electron chi connectivity index (χ4n) is 1.96. The van der Waals surface area contributed by atoms with Crippen molar-refractivity contribution in [1.82, 2.24) is 4.90 Å². The Bertz CT molecular complexity index is 374. The van der Waals surface area contributed by atoms with Crippen LogP contribution < -0.4 is 0 Å². The number of amides is 1. The van der Waals surface area contributed by atoms with Crippen LogP contribution in [0.15, 0.2) is 18.2 Å². The van der Waals surface area contributed by atoms with Gasteiger partial charge < -0.3 is 5.11 Å². The van der Waals surface area contributed by atoms with Gasteiger partial charge in [0.1, 0.15) is 0 Å². The molecule has 0 saturated heterocycles. The normalized spacial score (nSPS) is 14.2. The average molecular weight is 191 g/mol. The topological polar surface area (TPSA) is 40.5 Å². The van der Waals surface area contributed by atoms with Crippen LogP contribution in [-0.4, -0.2) is 16.1 Å². The van der Waals surface area contributed by atoms with Gasteiger partial charge in [0.2, 0.25) is 0 Å². The molecule has 0 unspecified atom stereocenters. The maximum Gasteiger partial charge on any atom is 0.407 e. The zero-order valence-corrected chi connectivity index (χ0v) is 8.16. The second-order valence-electron chi connectivity index (χ2n) is 3.55. The minimum Gasteiger partial charge on any atom is -0.465 e. The van der Waals surface area contributed by atoms with Crippen molar-refractivity contribution in [1.29, 1.82) is 0 Å². The summed E-state index contributed by atoms with van der Waals surface area (Å²) in [6.45, 7) is 3.19. The smallest absolute Gasteiger partial charge is 0.407 e. The highest BCUT2D eigenvalue weighted by Gasteiger charge is 2.23. The molecule has 1 aromatic carbocycles. The third kappa shape index (κ3) is 1.35. The van der Waals surface area contributed by atoms with Crippen molar-refractivity contribution in [3.63, 3.8) is 0 Å². The van der Waals surface area contributed by atoms with Crippen LogP contribution in [-0.2, 0) is 19.5 Å². The molecular formula is C11H13NO2. The van der Waals surface area contributed by atoms with Crippen LogP contribution >= 0.6 is 0 Å². The minimum absolute atomic E-state index is 0.540. The highest BCUT2D eigenvalue weighted by molar-refractivity contribution is 5.66. The number of rotatable bonds is 1. The van der Waals surface area contributed by atoms with Gasteiger partial charge in [-0.05, 0) is 23.1 Å². The van der Waals surface area contributed by atoms with Gasteiger partial charge in [-0.25, -0.2) is 4.79 Å². The molecule has 1 aliphatic rings. The third-order valence-electron chi connectivity index (χ3n) is 2.73. The molecule has 3 heteroatoms. The number of benzene rings is 1. The first-order chi connectivity index (χ1) is 6.72. The predicted octanol–water partition coefficient (Wildman–Crippen LogP) is 2.24. The minimum atomic E-state index is -0.830. The second-order valence-corrected chi connectivity index (χ2v) is 3.55. The second kappa shape index (κ2) is 3.33. The lowest BCUT2D eigenvalue weighted by molar-refractivity contribution is 0.145. The van der Waals surface area contributed by atoms with Gasteiger partial charge >= 0.3 is 6.09 Å². The van der Waals surface area contributed by atoms with Crippen molar-refractivity contribution in [2.45, 2.75) is 26.4 Å². The Morgan fingerprint density at radius 2 is 2.29 bits per heavy atom. The van der Waals surface area contributed by atoms with E-state index in [0.717, 1.165) is 12.0 Å². The summed E-state index contributed by atoms with van der Waals surface area (Å²) < 4.78 is 0. The first kappa shape index (κ1) is 9.06. The Morgan fingerprint density at radius 3 is 2.93 bits per heavy atom. The summed E-state index contributed by atoms with van der Waals surface area (Å²) in [4.78, 5) is 12.2. The standard InChI is InChI=1S/C11H13NO2/c1-2-8-4-3-5-9-6-12(11(13)14)7-10(8)9/h3-5H,2,6-7H2,1H3,(H,13,14). The van der Waals surface area contributed by atoms with Crippen LogP contribution in [0.3, 0.4) is 0 Å². The number of nitrogens with zero attached hydrogens (tertiary/aromatic N) is 1. The Balaban J connectivity index is 2.34. The largest absolute Gasteiger partial charge is 0.465 e. The van der Waals surface area contributed by atoms with Gasteiger partial charge in [-0.2, -0.15) is 0 Å². The Kier molecular flexibility index (Phi) is 2.15. The average Bonchev–Trinajstić information content (AvgIpc) is 2.60. The lowest BCUT2D eigenvalue weighted by Gasteiger charge is -2.09. The fraction of sp³-hybridized carbons (Fsp3) is 0.364. The van der Waals surface area contributed by atoms with Crippen molar-refractivity contribution in [3.8, 4) is 0 Å².